The highest BCUT2D eigenvalue weighted by molar-refractivity contribution is 7.99. The van der Waals surface area contributed by atoms with Gasteiger partial charge in [0.15, 0.2) is 5.16 Å². The zero-order chi connectivity index (χ0) is 26.9. The van der Waals surface area contributed by atoms with E-state index in [0.29, 0.717) is 47.9 Å². The summed E-state index contributed by atoms with van der Waals surface area (Å²) in [5, 5.41) is 7.54. The summed E-state index contributed by atoms with van der Waals surface area (Å²) in [7, 11) is 0. The Kier molecular flexibility index (Phi) is 10.6. The van der Waals surface area contributed by atoms with Crippen molar-refractivity contribution in [3.8, 4) is 0 Å². The lowest BCUT2D eigenvalue weighted by atomic mass is 9.95. The first kappa shape index (κ1) is 28.6. The number of carbonyl (C=O) groups excluding carboxylic acids is 2. The number of nitrogens with one attached hydrogen (secondary N) is 2. The number of ether oxygens (including phenoxy) is 1. The van der Waals surface area contributed by atoms with Crippen LogP contribution in [0, 0.1) is 0 Å². The third-order valence-electron chi connectivity index (χ3n) is 6.63. The largest absolute Gasteiger partial charge is 0.379 e. The standard InChI is InChI=1S/C28H38N4O4S2/c1-19(2)36-17-9-15-29-23(33)14-8-16-32-27(35)26-25(21-12-6-7-13-22(21)38-26)31-28(32)37-18-24(34)30-20-10-4-3-5-11-20/h6-7,12-13,19-20H,3-5,8-11,14-18H2,1-2H3,(H,29,33)(H,30,34). The summed E-state index contributed by atoms with van der Waals surface area (Å²) in [5.41, 5.74) is 0.570. The Morgan fingerprint density at radius 1 is 1.16 bits per heavy atom. The molecule has 3 aromatic rings. The van der Waals surface area contributed by atoms with Crippen LogP contribution in [-0.4, -0.2) is 52.4 Å². The number of amides is 2. The third kappa shape index (κ3) is 7.80. The van der Waals surface area contributed by atoms with Gasteiger partial charge in [-0.2, -0.15) is 0 Å². The zero-order valence-corrected chi connectivity index (χ0v) is 23.9. The second kappa shape index (κ2) is 14.1. The van der Waals surface area contributed by atoms with Crippen molar-refractivity contribution in [1.29, 1.82) is 0 Å². The quantitative estimate of drug-likeness (QED) is 0.176. The van der Waals surface area contributed by atoms with Gasteiger partial charge in [-0.1, -0.05) is 49.2 Å². The van der Waals surface area contributed by atoms with Crippen LogP contribution >= 0.6 is 23.1 Å². The van der Waals surface area contributed by atoms with E-state index in [9.17, 15) is 14.4 Å². The number of thioether (sulfide) groups is 1. The van der Waals surface area contributed by atoms with Crippen molar-refractivity contribution in [2.45, 2.75) is 89.1 Å². The molecule has 2 heterocycles. The van der Waals surface area contributed by atoms with Crippen LogP contribution in [0.25, 0.3) is 20.3 Å². The average molecular weight is 559 g/mol. The summed E-state index contributed by atoms with van der Waals surface area (Å²) in [5.74, 6) is 0.133. The van der Waals surface area contributed by atoms with Gasteiger partial charge in [0, 0.05) is 42.2 Å². The van der Waals surface area contributed by atoms with E-state index in [4.69, 9.17) is 9.72 Å². The van der Waals surface area contributed by atoms with E-state index >= 15 is 0 Å². The first-order valence-corrected chi connectivity index (χ1v) is 15.4. The van der Waals surface area contributed by atoms with Crippen LogP contribution in [-0.2, 0) is 20.9 Å². The van der Waals surface area contributed by atoms with E-state index < -0.39 is 0 Å². The fourth-order valence-corrected chi connectivity index (χ4v) is 6.63. The van der Waals surface area contributed by atoms with Gasteiger partial charge in [-0.15, -0.1) is 11.3 Å². The molecule has 2 amide bonds. The number of carbonyl (C=O) groups is 2. The number of nitrogens with zero attached hydrogens (tertiary/aromatic N) is 2. The van der Waals surface area contributed by atoms with Crippen molar-refractivity contribution < 1.29 is 14.3 Å². The molecular formula is C28H38N4O4S2. The SMILES string of the molecule is CC(C)OCCCNC(=O)CCCn1c(SCC(=O)NC2CCCCC2)nc2c(sc3ccccc32)c1=O. The molecule has 0 atom stereocenters. The van der Waals surface area contributed by atoms with Gasteiger partial charge >= 0.3 is 0 Å². The van der Waals surface area contributed by atoms with Crippen molar-refractivity contribution in [3.05, 3.63) is 34.6 Å². The molecule has 0 radical (unpaired) electrons. The van der Waals surface area contributed by atoms with E-state index in [-0.39, 0.29) is 35.3 Å². The normalized spacial score (nSPS) is 14.4. The van der Waals surface area contributed by atoms with Crippen molar-refractivity contribution in [2.75, 3.05) is 18.9 Å². The molecule has 0 spiro atoms. The Hall–Kier alpha value is -2.43. The van der Waals surface area contributed by atoms with Crippen LogP contribution in [0.2, 0.25) is 0 Å². The first-order valence-electron chi connectivity index (χ1n) is 13.6. The van der Waals surface area contributed by atoms with Gasteiger partial charge in [-0.25, -0.2) is 4.98 Å². The van der Waals surface area contributed by atoms with Crippen LogP contribution in [0.5, 0.6) is 0 Å². The number of hydrogen-bond acceptors (Lipinski definition) is 7. The monoisotopic (exact) mass is 558 g/mol. The highest BCUT2D eigenvalue weighted by atomic mass is 32.2. The Labute approximate surface area is 231 Å². The Balaban J connectivity index is 1.43. The van der Waals surface area contributed by atoms with Gasteiger partial charge in [0.1, 0.15) is 4.70 Å². The zero-order valence-electron chi connectivity index (χ0n) is 22.3. The van der Waals surface area contributed by atoms with Crippen LogP contribution < -0.4 is 16.2 Å². The van der Waals surface area contributed by atoms with Crippen molar-refractivity contribution in [2.24, 2.45) is 0 Å². The van der Waals surface area contributed by atoms with Crippen molar-refractivity contribution in [3.63, 3.8) is 0 Å². The van der Waals surface area contributed by atoms with Crippen molar-refractivity contribution in [1.82, 2.24) is 20.2 Å². The Morgan fingerprint density at radius 2 is 1.95 bits per heavy atom. The average Bonchev–Trinajstić information content (AvgIpc) is 3.28. The topological polar surface area (TPSA) is 102 Å². The fraction of sp³-hybridized carbons (Fsp3) is 0.571. The summed E-state index contributed by atoms with van der Waals surface area (Å²) in [6.45, 7) is 5.52. The molecule has 1 aliphatic carbocycles. The summed E-state index contributed by atoms with van der Waals surface area (Å²) in [6.07, 6.45) is 7.36. The first-order chi connectivity index (χ1) is 18.4. The molecule has 8 nitrogen and oxygen atoms in total. The molecule has 2 N–H and O–H groups in total. The van der Waals surface area contributed by atoms with E-state index in [2.05, 4.69) is 10.6 Å². The van der Waals surface area contributed by atoms with Gasteiger partial charge in [-0.05, 0) is 45.6 Å². The lowest BCUT2D eigenvalue weighted by Crippen LogP contribution is -2.37. The van der Waals surface area contributed by atoms with E-state index in [1.807, 2.05) is 38.1 Å². The summed E-state index contributed by atoms with van der Waals surface area (Å²) >= 11 is 2.74. The molecule has 4 rings (SSSR count). The Bertz CT molecular complexity index is 1300. The smallest absolute Gasteiger partial charge is 0.272 e. The number of hydrogen-bond donors (Lipinski definition) is 2. The second-order valence-corrected chi connectivity index (χ2v) is 12.0. The molecule has 38 heavy (non-hydrogen) atoms. The summed E-state index contributed by atoms with van der Waals surface area (Å²) < 4.78 is 8.76. The summed E-state index contributed by atoms with van der Waals surface area (Å²) in [4.78, 5) is 43.4. The summed E-state index contributed by atoms with van der Waals surface area (Å²) in [6, 6.07) is 8.11. The van der Waals surface area contributed by atoms with Crippen molar-refractivity contribution >= 4 is 55.2 Å². The third-order valence-corrected chi connectivity index (χ3v) is 8.75. The molecule has 1 aromatic carbocycles. The van der Waals surface area contributed by atoms with Gasteiger partial charge < -0.3 is 15.4 Å². The molecule has 0 bridgehead atoms. The lowest BCUT2D eigenvalue weighted by molar-refractivity contribution is -0.121. The molecule has 1 aliphatic rings. The lowest BCUT2D eigenvalue weighted by Gasteiger charge is -2.22. The second-order valence-electron chi connectivity index (χ2n) is 10.0. The van der Waals surface area contributed by atoms with Gasteiger partial charge in [0.05, 0.1) is 17.4 Å². The number of thiophene rings is 1. The minimum atomic E-state index is -0.113. The predicted molar refractivity (Wildman–Crippen MR) is 155 cm³/mol. The molecular weight excluding hydrogens is 520 g/mol. The number of rotatable bonds is 13. The molecule has 2 aromatic heterocycles. The maximum absolute atomic E-state index is 13.6. The van der Waals surface area contributed by atoms with Gasteiger partial charge in [0.2, 0.25) is 11.8 Å². The van der Waals surface area contributed by atoms with Crippen LogP contribution in [0.1, 0.15) is 65.2 Å². The molecule has 10 heteroatoms. The van der Waals surface area contributed by atoms with E-state index in [1.54, 1.807) is 4.57 Å². The van der Waals surface area contributed by atoms with Gasteiger partial charge in [0.25, 0.3) is 5.56 Å². The molecule has 0 unspecified atom stereocenters. The highest BCUT2D eigenvalue weighted by Gasteiger charge is 2.19. The fourth-order valence-electron chi connectivity index (χ4n) is 4.71. The Morgan fingerprint density at radius 3 is 2.74 bits per heavy atom. The molecule has 1 fully saturated rings. The van der Waals surface area contributed by atoms with Crippen LogP contribution in [0.4, 0.5) is 0 Å². The predicted octanol–water partition coefficient (Wildman–Crippen LogP) is 4.86. The molecule has 206 valence electrons. The molecule has 0 aliphatic heterocycles. The van der Waals surface area contributed by atoms with E-state index in [1.165, 1.54) is 29.5 Å². The maximum Gasteiger partial charge on any atom is 0.272 e. The van der Waals surface area contributed by atoms with Crippen LogP contribution in [0.3, 0.4) is 0 Å². The highest BCUT2D eigenvalue weighted by Crippen LogP contribution is 2.32. The molecule has 0 saturated heterocycles. The number of aromatic nitrogens is 2. The van der Waals surface area contributed by atoms with Crippen LogP contribution in [0.15, 0.2) is 34.2 Å². The molecule has 1 saturated carbocycles. The minimum Gasteiger partial charge on any atom is -0.379 e. The maximum atomic E-state index is 13.6. The number of benzene rings is 1. The van der Waals surface area contributed by atoms with Gasteiger partial charge in [-0.3, -0.25) is 19.0 Å². The van der Waals surface area contributed by atoms with E-state index in [0.717, 1.165) is 42.2 Å². The number of fused-ring (bicyclic) bond motifs is 3. The minimum absolute atomic E-state index is 0.0289.